The van der Waals surface area contributed by atoms with Gasteiger partial charge in [0.2, 0.25) is 5.88 Å². The smallest absolute Gasteiger partial charge is 0.262 e. The first kappa shape index (κ1) is 20.8. The number of nitrogens with one attached hydrogen (secondary N) is 1. The Morgan fingerprint density at radius 2 is 1.69 bits per heavy atom. The van der Waals surface area contributed by atoms with E-state index in [0.29, 0.717) is 28.8 Å². The van der Waals surface area contributed by atoms with Gasteiger partial charge in [-0.25, -0.2) is 8.42 Å². The zero-order valence-corrected chi connectivity index (χ0v) is 17.9. The van der Waals surface area contributed by atoms with Crippen LogP contribution in [0, 0.1) is 20.8 Å². The maximum absolute atomic E-state index is 13.0. The molecule has 0 spiro atoms. The Labute approximate surface area is 172 Å². The van der Waals surface area contributed by atoms with Crippen molar-refractivity contribution in [3.05, 3.63) is 65.2 Å². The third-order valence-electron chi connectivity index (χ3n) is 4.38. The summed E-state index contributed by atoms with van der Waals surface area (Å²) in [6, 6.07) is 14.4. The molecule has 0 unspecified atom stereocenters. The molecule has 0 atom stereocenters. The molecular formula is C22H25N3O3S. The van der Waals surface area contributed by atoms with Crippen molar-refractivity contribution in [2.45, 2.75) is 39.0 Å². The number of benzene rings is 2. The average Bonchev–Trinajstić information content (AvgIpc) is 2.65. The molecule has 152 valence electrons. The van der Waals surface area contributed by atoms with Gasteiger partial charge in [-0.3, -0.25) is 4.72 Å². The van der Waals surface area contributed by atoms with Gasteiger partial charge in [0, 0.05) is 17.3 Å². The number of hydrogen-bond donors (Lipinski definition) is 1. The lowest BCUT2D eigenvalue weighted by molar-refractivity contribution is 0.302. The SMILES string of the molecule is CCCOc1ccc(-c2cccc(NS(=O)(=O)c3c(C)cc(C)cc3C)c2)nn1. The summed E-state index contributed by atoms with van der Waals surface area (Å²) in [7, 11) is -3.71. The summed E-state index contributed by atoms with van der Waals surface area (Å²) in [6.07, 6.45) is 0.894. The summed E-state index contributed by atoms with van der Waals surface area (Å²) in [6.45, 7) is 8.18. The lowest BCUT2D eigenvalue weighted by atomic mass is 10.1. The van der Waals surface area contributed by atoms with E-state index in [1.54, 1.807) is 30.3 Å². The fourth-order valence-electron chi connectivity index (χ4n) is 3.30. The van der Waals surface area contributed by atoms with Crippen molar-refractivity contribution in [2.75, 3.05) is 11.3 Å². The highest BCUT2D eigenvalue weighted by atomic mass is 32.2. The van der Waals surface area contributed by atoms with Gasteiger partial charge in [0.05, 0.1) is 17.2 Å². The molecule has 0 aliphatic carbocycles. The lowest BCUT2D eigenvalue weighted by Crippen LogP contribution is -2.16. The quantitative estimate of drug-likeness (QED) is 0.612. The second-order valence-corrected chi connectivity index (χ2v) is 8.64. The highest BCUT2D eigenvalue weighted by molar-refractivity contribution is 7.92. The number of sulfonamides is 1. The van der Waals surface area contributed by atoms with Crippen LogP contribution in [0.25, 0.3) is 11.3 Å². The van der Waals surface area contributed by atoms with Crippen molar-refractivity contribution < 1.29 is 13.2 Å². The van der Waals surface area contributed by atoms with Gasteiger partial charge in [0.15, 0.2) is 0 Å². The van der Waals surface area contributed by atoms with E-state index in [9.17, 15) is 8.42 Å². The monoisotopic (exact) mass is 411 g/mol. The van der Waals surface area contributed by atoms with E-state index in [0.717, 1.165) is 28.7 Å². The second kappa shape index (κ2) is 8.61. The van der Waals surface area contributed by atoms with Gasteiger partial charge in [-0.15, -0.1) is 10.2 Å². The van der Waals surface area contributed by atoms with Gasteiger partial charge in [0.1, 0.15) is 0 Å². The van der Waals surface area contributed by atoms with Crippen LogP contribution in [0.2, 0.25) is 0 Å². The first-order chi connectivity index (χ1) is 13.8. The van der Waals surface area contributed by atoms with Gasteiger partial charge in [-0.05, 0) is 56.5 Å². The normalized spacial score (nSPS) is 11.3. The standard InChI is InChI=1S/C22H25N3O3S/c1-5-11-28-21-10-9-20(23-24-21)18-7-6-8-19(14-18)25-29(26,27)22-16(3)12-15(2)13-17(22)4/h6-10,12-14,25H,5,11H2,1-4H3. The van der Waals surface area contributed by atoms with Crippen molar-refractivity contribution in [3.8, 4) is 17.1 Å². The topological polar surface area (TPSA) is 81.2 Å². The van der Waals surface area contributed by atoms with Crippen LogP contribution < -0.4 is 9.46 Å². The highest BCUT2D eigenvalue weighted by Crippen LogP contribution is 2.26. The fraction of sp³-hybridized carbons (Fsp3) is 0.273. The van der Waals surface area contributed by atoms with Crippen LogP contribution >= 0.6 is 0 Å². The molecule has 0 saturated heterocycles. The van der Waals surface area contributed by atoms with Crippen molar-refractivity contribution in [2.24, 2.45) is 0 Å². The Bertz CT molecular complexity index is 1090. The summed E-state index contributed by atoms with van der Waals surface area (Å²) >= 11 is 0. The Hall–Kier alpha value is -2.93. The number of nitrogens with zero attached hydrogens (tertiary/aromatic N) is 2. The summed E-state index contributed by atoms with van der Waals surface area (Å²) in [5.74, 6) is 0.470. The summed E-state index contributed by atoms with van der Waals surface area (Å²) in [5, 5.41) is 8.25. The molecule has 2 aromatic carbocycles. The number of ether oxygens (including phenoxy) is 1. The van der Waals surface area contributed by atoms with Gasteiger partial charge >= 0.3 is 0 Å². The van der Waals surface area contributed by atoms with E-state index in [1.165, 1.54) is 0 Å². The molecule has 29 heavy (non-hydrogen) atoms. The first-order valence-corrected chi connectivity index (χ1v) is 11.0. The van der Waals surface area contributed by atoms with Gasteiger partial charge < -0.3 is 4.74 Å². The molecule has 7 heteroatoms. The third-order valence-corrected chi connectivity index (χ3v) is 6.06. The molecule has 0 fully saturated rings. The maximum atomic E-state index is 13.0. The molecule has 1 N–H and O–H groups in total. The summed E-state index contributed by atoms with van der Waals surface area (Å²) < 4.78 is 34.1. The molecule has 0 saturated carbocycles. The number of anilines is 1. The van der Waals surface area contributed by atoms with Crippen LogP contribution in [0.1, 0.15) is 30.0 Å². The molecule has 1 heterocycles. The van der Waals surface area contributed by atoms with E-state index in [2.05, 4.69) is 14.9 Å². The maximum Gasteiger partial charge on any atom is 0.262 e. The van der Waals surface area contributed by atoms with E-state index < -0.39 is 10.0 Å². The van der Waals surface area contributed by atoms with Crippen molar-refractivity contribution in [1.82, 2.24) is 10.2 Å². The lowest BCUT2D eigenvalue weighted by Gasteiger charge is -2.14. The van der Waals surface area contributed by atoms with Crippen molar-refractivity contribution >= 4 is 15.7 Å². The Morgan fingerprint density at radius 1 is 0.966 bits per heavy atom. The summed E-state index contributed by atoms with van der Waals surface area (Å²) in [5.41, 5.74) is 4.34. The van der Waals surface area contributed by atoms with Gasteiger partial charge in [0.25, 0.3) is 10.0 Å². The summed E-state index contributed by atoms with van der Waals surface area (Å²) in [4.78, 5) is 0.311. The molecule has 0 aliphatic rings. The van der Waals surface area contributed by atoms with Gasteiger partial charge in [-0.2, -0.15) is 0 Å². The zero-order chi connectivity index (χ0) is 21.0. The molecule has 0 bridgehead atoms. The van der Waals surface area contributed by atoms with E-state index in [-0.39, 0.29) is 0 Å². The molecule has 3 rings (SSSR count). The minimum Gasteiger partial charge on any atom is -0.477 e. The third kappa shape index (κ3) is 4.92. The largest absolute Gasteiger partial charge is 0.477 e. The first-order valence-electron chi connectivity index (χ1n) is 9.48. The fourth-order valence-corrected chi connectivity index (χ4v) is 4.80. The average molecular weight is 412 g/mol. The number of rotatable bonds is 7. The molecule has 0 amide bonds. The van der Waals surface area contributed by atoms with Gasteiger partial charge in [-0.1, -0.05) is 36.8 Å². The van der Waals surface area contributed by atoms with Crippen LogP contribution in [-0.4, -0.2) is 25.2 Å². The van der Waals surface area contributed by atoms with E-state index >= 15 is 0 Å². The van der Waals surface area contributed by atoms with Crippen LogP contribution in [0.15, 0.2) is 53.4 Å². The van der Waals surface area contributed by atoms with E-state index in [1.807, 2.05) is 45.9 Å². The molecular weight excluding hydrogens is 386 g/mol. The minimum absolute atomic E-state index is 0.311. The molecule has 1 aromatic heterocycles. The molecule has 0 radical (unpaired) electrons. The Balaban J connectivity index is 1.86. The Kier molecular flexibility index (Phi) is 6.17. The highest BCUT2D eigenvalue weighted by Gasteiger charge is 2.20. The molecule has 0 aliphatic heterocycles. The number of hydrogen-bond acceptors (Lipinski definition) is 5. The predicted octanol–water partition coefficient (Wildman–Crippen LogP) is 4.66. The zero-order valence-electron chi connectivity index (χ0n) is 17.1. The van der Waals surface area contributed by atoms with E-state index in [4.69, 9.17) is 4.74 Å². The van der Waals surface area contributed by atoms with Crippen LogP contribution in [0.4, 0.5) is 5.69 Å². The molecule has 3 aromatic rings. The van der Waals surface area contributed by atoms with Crippen molar-refractivity contribution in [1.29, 1.82) is 0 Å². The van der Waals surface area contributed by atoms with Crippen LogP contribution in [0.5, 0.6) is 5.88 Å². The second-order valence-electron chi connectivity index (χ2n) is 7.02. The predicted molar refractivity (Wildman–Crippen MR) is 115 cm³/mol. The Morgan fingerprint density at radius 3 is 2.31 bits per heavy atom. The number of aromatic nitrogens is 2. The minimum atomic E-state index is -3.71. The molecule has 6 nitrogen and oxygen atoms in total. The van der Waals surface area contributed by atoms with Crippen LogP contribution in [0.3, 0.4) is 0 Å². The van der Waals surface area contributed by atoms with Crippen molar-refractivity contribution in [3.63, 3.8) is 0 Å². The van der Waals surface area contributed by atoms with Crippen LogP contribution in [-0.2, 0) is 10.0 Å². The number of aryl methyl sites for hydroxylation is 3.